The van der Waals surface area contributed by atoms with Crippen LogP contribution in [0.4, 0.5) is 22.7 Å². The van der Waals surface area contributed by atoms with Gasteiger partial charge in [0, 0.05) is 133 Å². The van der Waals surface area contributed by atoms with Gasteiger partial charge in [-0.2, -0.15) is 0 Å². The standard InChI is InChI=1S/C64H71ClN14O11S/c1-64(2)19-17-42(48(38-64)40-7-9-43(65)10-8-40)39-75-28-30-76(31-29-75)44-11-13-46(52(36-44)78-54-35-41-18-20-68-58(41)70-57(54)63(85)72(78)3)59(81)71-91(88,89)45-12-14-49(53(37-45)79(86)87)66-21-23-73-24-26-74(27-25-73)32-34-90-33-22-67-50-6-4-5-47-56(50)62(84)77(61(47)83)51-15-16-55(80)69-60(51)82/h4-14,18,20,35-37,51,66-67H,15-17,19,21-34,38-39H2,1-3H3,(H,68,70)(H,71,81)(H,69,80,82). The van der Waals surface area contributed by atoms with Crippen molar-refractivity contribution in [2.75, 3.05) is 114 Å². The number of aromatic amines is 1. The fraction of sp³-hybridized carbons (Fsp3) is 0.391. The second kappa shape index (κ2) is 25.8. The van der Waals surface area contributed by atoms with Crippen LogP contribution in [0.2, 0.25) is 5.02 Å². The van der Waals surface area contributed by atoms with Gasteiger partial charge in [-0.05, 0) is 109 Å². The molecule has 0 spiro atoms. The quantitative estimate of drug-likeness (QED) is 0.0231. The van der Waals surface area contributed by atoms with Gasteiger partial charge < -0.3 is 25.3 Å². The Morgan fingerprint density at radius 1 is 0.824 bits per heavy atom. The second-order valence-corrected chi connectivity index (χ2v) is 26.6. The summed E-state index contributed by atoms with van der Waals surface area (Å²) >= 11 is 6.29. The highest BCUT2D eigenvalue weighted by molar-refractivity contribution is 7.90. The van der Waals surface area contributed by atoms with Crippen molar-refractivity contribution in [3.05, 3.63) is 151 Å². The van der Waals surface area contributed by atoms with Crippen LogP contribution in [0.25, 0.3) is 33.3 Å². The smallest absolute Gasteiger partial charge is 0.293 e. The minimum absolute atomic E-state index is 0.0310. The third-order valence-corrected chi connectivity index (χ3v) is 19.6. The Morgan fingerprint density at radius 2 is 1.56 bits per heavy atom. The first-order chi connectivity index (χ1) is 43.7. The number of benzene rings is 4. The molecule has 3 aromatic heterocycles. The number of nitrogens with one attached hydrogen (secondary N) is 5. The van der Waals surface area contributed by atoms with Crippen LogP contribution in [0.15, 0.2) is 112 Å². The molecule has 1 atom stereocenters. The number of nitro groups is 1. The molecule has 3 fully saturated rings. The zero-order valence-electron chi connectivity index (χ0n) is 50.8. The summed E-state index contributed by atoms with van der Waals surface area (Å²) in [5, 5.41) is 22.4. The highest BCUT2D eigenvalue weighted by Crippen LogP contribution is 2.44. The Balaban J connectivity index is 0.655. The average Bonchev–Trinajstić information content (AvgIpc) is 1.66. The number of fused-ring (bicyclic) bond motifs is 3. The van der Waals surface area contributed by atoms with Crippen molar-refractivity contribution in [1.29, 1.82) is 0 Å². The van der Waals surface area contributed by atoms with Crippen molar-refractivity contribution in [2.24, 2.45) is 12.5 Å². The van der Waals surface area contributed by atoms with Gasteiger partial charge in [-0.3, -0.25) is 63.8 Å². The number of hydrogen-bond donors (Lipinski definition) is 5. The van der Waals surface area contributed by atoms with Gasteiger partial charge in [0.15, 0.2) is 5.52 Å². The zero-order valence-corrected chi connectivity index (χ0v) is 52.3. The minimum atomic E-state index is -4.72. The fourth-order valence-corrected chi connectivity index (χ4v) is 14.1. The highest BCUT2D eigenvalue weighted by Gasteiger charge is 2.46. The van der Waals surface area contributed by atoms with Crippen LogP contribution in [0, 0.1) is 15.5 Å². The van der Waals surface area contributed by atoms with Crippen LogP contribution >= 0.6 is 11.6 Å². The van der Waals surface area contributed by atoms with Crippen molar-refractivity contribution in [2.45, 2.75) is 56.9 Å². The first-order valence-corrected chi connectivity index (χ1v) is 32.4. The number of piperidine rings is 1. The molecule has 4 aliphatic heterocycles. The van der Waals surface area contributed by atoms with Crippen molar-refractivity contribution < 1.29 is 42.1 Å². The fourth-order valence-electron chi connectivity index (χ4n) is 13.0. The second-order valence-electron chi connectivity index (χ2n) is 24.5. The number of aromatic nitrogens is 4. The summed E-state index contributed by atoms with van der Waals surface area (Å²) in [6, 6.07) is 24.1. The lowest BCUT2D eigenvalue weighted by Crippen LogP contribution is -2.54. The van der Waals surface area contributed by atoms with Crippen molar-refractivity contribution in [3.8, 4) is 5.69 Å². The molecule has 1 unspecified atom stereocenters. The van der Waals surface area contributed by atoms with Crippen LogP contribution in [-0.4, -0.2) is 186 Å². The molecule has 0 saturated carbocycles. The normalized spacial score (nSPS) is 18.5. The third-order valence-electron chi connectivity index (χ3n) is 18.0. The van der Waals surface area contributed by atoms with E-state index in [0.29, 0.717) is 79.7 Å². The molecular weight excluding hydrogens is 1210 g/mol. The molecule has 4 aromatic carbocycles. The predicted molar refractivity (Wildman–Crippen MR) is 344 cm³/mol. The van der Waals surface area contributed by atoms with E-state index in [2.05, 4.69) is 76.2 Å². The van der Waals surface area contributed by atoms with Crippen LogP contribution in [0.1, 0.15) is 82.6 Å². The lowest BCUT2D eigenvalue weighted by atomic mass is 9.72. The molecule has 0 radical (unpaired) electrons. The van der Waals surface area contributed by atoms with Crippen LogP contribution in [-0.2, 0) is 31.4 Å². The average molecular weight is 1280 g/mol. The molecule has 476 valence electrons. The molecular formula is C64H71ClN14O11S. The molecule has 5 aliphatic rings. The minimum Gasteiger partial charge on any atom is -0.382 e. The number of anilines is 3. The maximum atomic E-state index is 14.6. The number of sulfonamides is 1. The molecule has 5 N–H and O–H groups in total. The first kappa shape index (κ1) is 62.4. The van der Waals surface area contributed by atoms with Gasteiger partial charge >= 0.3 is 0 Å². The van der Waals surface area contributed by atoms with Gasteiger partial charge in [-0.15, -0.1) is 0 Å². The van der Waals surface area contributed by atoms with Gasteiger partial charge in [-0.25, -0.2) is 27.5 Å². The van der Waals surface area contributed by atoms with Gasteiger partial charge in [0.1, 0.15) is 17.4 Å². The number of piperazine rings is 2. The van der Waals surface area contributed by atoms with E-state index in [1.165, 1.54) is 39.6 Å². The Hall–Kier alpha value is -8.79. The SMILES string of the molecule is Cn1c(=O)c2nc3[nH]ccc3cc2n1-c1cc(N2CCN(CC3=C(c4ccc(Cl)cc4)CC(C)(C)CC3)CC2)ccc1C(=O)NS(=O)(=O)c1ccc(NCCN2CCN(CCOCCNc3cccc4c3C(=O)N(C3CCC(=O)NC3=O)C4=O)CC2)c([N+](=O)[O-])c1. The number of imide groups is 2. The van der Waals surface area contributed by atoms with Crippen LogP contribution in [0.5, 0.6) is 0 Å². The van der Waals surface area contributed by atoms with Gasteiger partial charge in [0.25, 0.3) is 39.0 Å². The summed E-state index contributed by atoms with van der Waals surface area (Å²) in [6.45, 7) is 13.9. The summed E-state index contributed by atoms with van der Waals surface area (Å²) in [4.78, 5) is 108. The largest absolute Gasteiger partial charge is 0.382 e. The molecule has 3 saturated heterocycles. The van der Waals surface area contributed by atoms with Crippen LogP contribution in [0.3, 0.4) is 0 Å². The predicted octanol–water partition coefficient (Wildman–Crippen LogP) is 6.23. The number of amides is 5. The number of hydrogen-bond acceptors (Lipinski definition) is 18. The number of carbonyl (C=O) groups is 5. The molecule has 7 aromatic rings. The van der Waals surface area contributed by atoms with Crippen molar-refractivity contribution in [1.82, 2.24) is 49.0 Å². The molecule has 25 nitrogen and oxygen atoms in total. The van der Waals surface area contributed by atoms with E-state index >= 15 is 0 Å². The third kappa shape index (κ3) is 13.1. The molecule has 12 rings (SSSR count). The van der Waals surface area contributed by atoms with Crippen LogP contribution < -0.4 is 31.1 Å². The lowest BCUT2D eigenvalue weighted by Gasteiger charge is -2.39. The first-order valence-electron chi connectivity index (χ1n) is 30.5. The van der Waals surface area contributed by atoms with E-state index < -0.39 is 66.7 Å². The molecule has 5 amide bonds. The number of ether oxygens (including phenoxy) is 1. The highest BCUT2D eigenvalue weighted by atomic mass is 35.5. The summed E-state index contributed by atoms with van der Waals surface area (Å²) in [6.07, 6.45) is 4.88. The van der Waals surface area contributed by atoms with Gasteiger partial charge in [0.2, 0.25) is 11.8 Å². The van der Waals surface area contributed by atoms with Crippen molar-refractivity contribution >= 4 is 102 Å². The summed E-state index contributed by atoms with van der Waals surface area (Å²) in [5.74, 6) is -3.30. The Kier molecular flexibility index (Phi) is 17.7. The number of nitro benzene ring substituents is 1. The Morgan fingerprint density at radius 3 is 2.31 bits per heavy atom. The van der Waals surface area contributed by atoms with Gasteiger partial charge in [0.05, 0.1) is 50.9 Å². The van der Waals surface area contributed by atoms with E-state index in [0.717, 1.165) is 81.7 Å². The topological polar surface area (TPSA) is 292 Å². The van der Waals surface area contributed by atoms with E-state index in [-0.39, 0.29) is 51.8 Å². The van der Waals surface area contributed by atoms with E-state index in [9.17, 15) is 47.3 Å². The zero-order chi connectivity index (χ0) is 63.9. The maximum absolute atomic E-state index is 14.6. The van der Waals surface area contributed by atoms with Crippen molar-refractivity contribution in [3.63, 3.8) is 0 Å². The molecule has 7 heterocycles. The number of allylic oxidation sites excluding steroid dienone is 1. The molecule has 1 aliphatic carbocycles. The number of nitrogens with zero attached hydrogens (tertiary/aromatic N) is 9. The van der Waals surface area contributed by atoms with Gasteiger partial charge in [-0.1, -0.05) is 49.2 Å². The van der Waals surface area contributed by atoms with E-state index in [4.69, 9.17) is 16.3 Å². The Labute approximate surface area is 529 Å². The molecule has 27 heteroatoms. The number of H-pyrrole nitrogens is 1. The monoisotopic (exact) mass is 1280 g/mol. The molecule has 0 bridgehead atoms. The maximum Gasteiger partial charge on any atom is 0.293 e. The summed E-state index contributed by atoms with van der Waals surface area (Å²) in [7, 11) is -3.17. The van der Waals surface area contributed by atoms with E-state index in [1.807, 2.05) is 18.2 Å². The summed E-state index contributed by atoms with van der Waals surface area (Å²) < 4.78 is 39.3. The summed E-state index contributed by atoms with van der Waals surface area (Å²) in [5.41, 5.74) is 6.11. The number of halogens is 1. The Bertz CT molecular complexity index is 4260. The molecule has 91 heavy (non-hydrogen) atoms. The number of rotatable bonds is 21. The lowest BCUT2D eigenvalue weighted by molar-refractivity contribution is -0.384. The van der Waals surface area contributed by atoms with E-state index in [1.54, 1.807) is 54.3 Å². The number of pyridine rings is 1. The number of carbonyl (C=O) groups excluding carboxylic acids is 5.